The van der Waals surface area contributed by atoms with Gasteiger partial charge in [0.25, 0.3) is 0 Å². The van der Waals surface area contributed by atoms with Crippen LogP contribution in [-0.4, -0.2) is 45.0 Å². The van der Waals surface area contributed by atoms with Crippen molar-refractivity contribution in [3.63, 3.8) is 0 Å². The molecule has 20 heavy (non-hydrogen) atoms. The second kappa shape index (κ2) is 5.32. The first-order chi connectivity index (χ1) is 9.45. The van der Waals surface area contributed by atoms with E-state index in [2.05, 4.69) is 4.98 Å². The number of hydrogen-bond donors (Lipinski definition) is 1. The molecule has 1 aromatic heterocycles. The monoisotopic (exact) mass is 275 g/mol. The van der Waals surface area contributed by atoms with Crippen molar-refractivity contribution in [1.82, 2.24) is 14.5 Å². The van der Waals surface area contributed by atoms with E-state index in [9.17, 15) is 14.7 Å². The summed E-state index contributed by atoms with van der Waals surface area (Å²) in [5.74, 6) is -0.463. The van der Waals surface area contributed by atoms with Crippen molar-refractivity contribution >= 4 is 22.9 Å². The smallest absolute Gasteiger partial charge is 0.337 e. The minimum atomic E-state index is -1.02. The van der Waals surface area contributed by atoms with E-state index in [4.69, 9.17) is 0 Å². The number of benzene rings is 1. The number of aromatic carboxylic acids is 1. The number of carboxylic acids is 1. The van der Waals surface area contributed by atoms with Gasteiger partial charge in [-0.25, -0.2) is 9.78 Å². The van der Waals surface area contributed by atoms with Crippen LogP contribution in [0.25, 0.3) is 11.0 Å². The zero-order valence-corrected chi connectivity index (χ0v) is 11.8. The van der Waals surface area contributed by atoms with Crippen LogP contribution in [-0.2, 0) is 11.3 Å². The lowest BCUT2D eigenvalue weighted by Gasteiger charge is -2.16. The Bertz CT molecular complexity index is 676. The van der Waals surface area contributed by atoms with Crippen LogP contribution in [0.4, 0.5) is 0 Å². The number of carboxylic acid groups (broad SMARTS) is 1. The Labute approximate surface area is 116 Å². The summed E-state index contributed by atoms with van der Waals surface area (Å²) in [6.07, 6.45) is 0. The summed E-state index contributed by atoms with van der Waals surface area (Å²) in [5.41, 5.74) is 1.25. The number of carbonyl (C=O) groups excluding carboxylic acids is 1. The quantitative estimate of drug-likeness (QED) is 0.918. The fourth-order valence-electron chi connectivity index (χ4n) is 2.10. The highest BCUT2D eigenvalue weighted by atomic mass is 16.4. The molecule has 0 saturated carbocycles. The van der Waals surface area contributed by atoms with Crippen LogP contribution >= 0.6 is 0 Å². The highest BCUT2D eigenvalue weighted by Crippen LogP contribution is 2.20. The molecule has 6 heteroatoms. The number of aryl methyl sites for hydroxylation is 1. The lowest BCUT2D eigenvalue weighted by Crippen LogP contribution is -2.30. The van der Waals surface area contributed by atoms with Crippen molar-refractivity contribution in [2.75, 3.05) is 13.6 Å². The summed E-state index contributed by atoms with van der Waals surface area (Å²) in [5, 5.41) is 9.27. The van der Waals surface area contributed by atoms with Gasteiger partial charge in [-0.2, -0.15) is 0 Å². The van der Waals surface area contributed by atoms with Gasteiger partial charge in [-0.3, -0.25) is 4.79 Å². The topological polar surface area (TPSA) is 75.4 Å². The van der Waals surface area contributed by atoms with Gasteiger partial charge in [0.05, 0.1) is 16.6 Å². The molecule has 0 saturated heterocycles. The molecule has 6 nitrogen and oxygen atoms in total. The van der Waals surface area contributed by atoms with Gasteiger partial charge in [-0.1, -0.05) is 6.07 Å². The summed E-state index contributed by atoms with van der Waals surface area (Å²) < 4.78 is 1.66. The van der Waals surface area contributed by atoms with Crippen molar-refractivity contribution in [3.05, 3.63) is 29.6 Å². The lowest BCUT2D eigenvalue weighted by atomic mass is 10.2. The predicted molar refractivity (Wildman–Crippen MR) is 74.7 cm³/mol. The first-order valence-electron chi connectivity index (χ1n) is 6.38. The number of carbonyl (C=O) groups is 2. The van der Waals surface area contributed by atoms with E-state index in [1.807, 2.05) is 6.92 Å². The van der Waals surface area contributed by atoms with E-state index in [1.54, 1.807) is 35.6 Å². The Morgan fingerprint density at radius 3 is 2.70 bits per heavy atom. The third-order valence-electron chi connectivity index (χ3n) is 3.38. The Hall–Kier alpha value is -2.37. The Balaban J connectivity index is 2.55. The number of aromatic nitrogens is 2. The van der Waals surface area contributed by atoms with Crippen LogP contribution in [0, 0.1) is 6.92 Å². The second-order valence-corrected chi connectivity index (χ2v) is 4.63. The molecular weight excluding hydrogens is 258 g/mol. The highest BCUT2D eigenvalue weighted by molar-refractivity contribution is 6.01. The lowest BCUT2D eigenvalue weighted by molar-refractivity contribution is -0.130. The SMILES string of the molecule is CCN(C)C(=O)Cn1c(C)nc2cccc(C(=O)O)c21. The van der Waals surface area contributed by atoms with E-state index < -0.39 is 5.97 Å². The molecule has 1 heterocycles. The van der Waals surface area contributed by atoms with Crippen LogP contribution in [0.3, 0.4) is 0 Å². The van der Waals surface area contributed by atoms with E-state index in [0.717, 1.165) is 0 Å². The van der Waals surface area contributed by atoms with E-state index in [1.165, 1.54) is 6.07 Å². The van der Waals surface area contributed by atoms with Crippen molar-refractivity contribution < 1.29 is 14.7 Å². The average molecular weight is 275 g/mol. The zero-order chi connectivity index (χ0) is 14.9. The van der Waals surface area contributed by atoms with Crippen molar-refractivity contribution in [1.29, 1.82) is 0 Å². The van der Waals surface area contributed by atoms with Gasteiger partial charge in [0, 0.05) is 13.6 Å². The number of nitrogens with zero attached hydrogens (tertiary/aromatic N) is 3. The largest absolute Gasteiger partial charge is 0.478 e. The van der Waals surface area contributed by atoms with Crippen molar-refractivity contribution in [3.8, 4) is 0 Å². The first-order valence-corrected chi connectivity index (χ1v) is 6.38. The number of imidazole rings is 1. The zero-order valence-electron chi connectivity index (χ0n) is 11.8. The molecule has 2 rings (SSSR count). The van der Waals surface area contributed by atoms with E-state index in [-0.39, 0.29) is 18.0 Å². The van der Waals surface area contributed by atoms with Gasteiger partial charge in [0.15, 0.2) is 0 Å². The normalized spacial score (nSPS) is 10.8. The Morgan fingerprint density at radius 1 is 1.40 bits per heavy atom. The van der Waals surface area contributed by atoms with Gasteiger partial charge >= 0.3 is 5.97 Å². The third kappa shape index (κ3) is 2.36. The van der Waals surface area contributed by atoms with Crippen LogP contribution in [0.1, 0.15) is 23.1 Å². The molecule has 0 bridgehead atoms. The maximum absolute atomic E-state index is 12.0. The maximum Gasteiger partial charge on any atom is 0.337 e. The summed E-state index contributed by atoms with van der Waals surface area (Å²) in [4.78, 5) is 29.3. The molecule has 0 atom stereocenters. The molecule has 0 aliphatic heterocycles. The summed E-state index contributed by atoms with van der Waals surface area (Å²) in [7, 11) is 1.72. The van der Waals surface area contributed by atoms with Gasteiger partial charge in [-0.15, -0.1) is 0 Å². The first kappa shape index (κ1) is 14.0. The summed E-state index contributed by atoms with van der Waals surface area (Å²) in [6.45, 7) is 4.36. The van der Waals surface area contributed by atoms with Gasteiger partial charge < -0.3 is 14.6 Å². The minimum Gasteiger partial charge on any atom is -0.478 e. The molecule has 2 aromatic rings. The minimum absolute atomic E-state index is 0.0740. The highest BCUT2D eigenvalue weighted by Gasteiger charge is 2.18. The number of rotatable bonds is 4. The molecule has 0 radical (unpaired) electrons. The second-order valence-electron chi connectivity index (χ2n) is 4.63. The molecule has 0 unspecified atom stereocenters. The molecule has 1 amide bonds. The van der Waals surface area contributed by atoms with Crippen LogP contribution in [0.15, 0.2) is 18.2 Å². The molecule has 0 aliphatic carbocycles. The van der Waals surface area contributed by atoms with Crippen LogP contribution in [0.5, 0.6) is 0 Å². The number of para-hydroxylation sites is 1. The predicted octanol–water partition coefficient (Wildman–Crippen LogP) is 1.52. The van der Waals surface area contributed by atoms with Crippen LogP contribution < -0.4 is 0 Å². The molecule has 0 spiro atoms. The molecule has 0 aliphatic rings. The maximum atomic E-state index is 12.0. The summed E-state index contributed by atoms with van der Waals surface area (Å²) >= 11 is 0. The number of fused-ring (bicyclic) bond motifs is 1. The Kier molecular flexibility index (Phi) is 3.74. The van der Waals surface area contributed by atoms with E-state index >= 15 is 0 Å². The van der Waals surface area contributed by atoms with E-state index in [0.29, 0.717) is 23.4 Å². The van der Waals surface area contributed by atoms with Gasteiger partial charge in [0.2, 0.25) is 5.91 Å². The average Bonchev–Trinajstić information content (AvgIpc) is 2.73. The number of hydrogen-bond acceptors (Lipinski definition) is 3. The number of amides is 1. The molecule has 0 fully saturated rings. The fraction of sp³-hybridized carbons (Fsp3) is 0.357. The van der Waals surface area contributed by atoms with Gasteiger partial charge in [0.1, 0.15) is 12.4 Å². The van der Waals surface area contributed by atoms with Crippen molar-refractivity contribution in [2.45, 2.75) is 20.4 Å². The fourth-order valence-corrected chi connectivity index (χ4v) is 2.10. The third-order valence-corrected chi connectivity index (χ3v) is 3.38. The molecular formula is C14H17N3O3. The molecule has 1 N–H and O–H groups in total. The molecule has 106 valence electrons. The number of likely N-dealkylation sites (N-methyl/N-ethyl adjacent to an activating group) is 1. The Morgan fingerprint density at radius 2 is 2.10 bits per heavy atom. The molecule has 1 aromatic carbocycles. The van der Waals surface area contributed by atoms with Gasteiger partial charge in [-0.05, 0) is 26.0 Å². The van der Waals surface area contributed by atoms with Crippen molar-refractivity contribution in [2.24, 2.45) is 0 Å². The summed E-state index contributed by atoms with van der Waals surface area (Å²) in [6, 6.07) is 4.93. The standard InChI is InChI=1S/C14H17N3O3/c1-4-16(3)12(18)8-17-9(2)15-11-7-5-6-10(13(11)17)14(19)20/h5-7H,4,8H2,1-3H3,(H,19,20). The van der Waals surface area contributed by atoms with Crippen LogP contribution in [0.2, 0.25) is 0 Å².